The largest absolute Gasteiger partial charge is 0.318 e. The first kappa shape index (κ1) is 11.0. The smallest absolute Gasteiger partial charge is 0.293 e. The average molecular weight is 256 g/mol. The number of aromatic nitrogens is 7. The molecule has 9 nitrogen and oxygen atoms in total. The van der Waals surface area contributed by atoms with Gasteiger partial charge in [-0.2, -0.15) is 10.2 Å². The highest BCUT2D eigenvalue weighted by molar-refractivity contribution is 6.01. The van der Waals surface area contributed by atoms with E-state index in [2.05, 4.69) is 35.6 Å². The fourth-order valence-corrected chi connectivity index (χ4v) is 1.43. The highest BCUT2D eigenvalue weighted by atomic mass is 16.2. The molecule has 0 aliphatic heterocycles. The molecular formula is C10H8N8O. The van der Waals surface area contributed by atoms with E-state index in [4.69, 9.17) is 0 Å². The monoisotopic (exact) mass is 256 g/mol. The van der Waals surface area contributed by atoms with Gasteiger partial charge in [-0.3, -0.25) is 9.89 Å². The molecule has 3 heterocycles. The lowest BCUT2D eigenvalue weighted by molar-refractivity contribution is 0.101. The normalized spacial score (nSPS) is 10.3. The summed E-state index contributed by atoms with van der Waals surface area (Å²) in [7, 11) is 0. The number of hydrogen-bond donors (Lipinski definition) is 2. The zero-order chi connectivity index (χ0) is 13.1. The molecular weight excluding hydrogens is 248 g/mol. The second-order valence-electron chi connectivity index (χ2n) is 3.53. The molecule has 0 aromatic carbocycles. The lowest BCUT2D eigenvalue weighted by Gasteiger charge is -2.03. The maximum atomic E-state index is 11.7. The van der Waals surface area contributed by atoms with Gasteiger partial charge in [-0.25, -0.2) is 19.6 Å². The topological polar surface area (TPSA) is 114 Å². The van der Waals surface area contributed by atoms with Crippen LogP contribution in [0.1, 0.15) is 10.6 Å². The molecule has 94 valence electrons. The van der Waals surface area contributed by atoms with Crippen molar-refractivity contribution in [3.63, 3.8) is 0 Å². The lowest BCUT2D eigenvalue weighted by atomic mass is 10.4. The predicted octanol–water partition coefficient (Wildman–Crippen LogP) is 0.0327. The zero-order valence-electron chi connectivity index (χ0n) is 9.56. The van der Waals surface area contributed by atoms with E-state index in [9.17, 15) is 4.79 Å². The summed E-state index contributed by atoms with van der Waals surface area (Å²) in [5.41, 5.74) is 0.547. The van der Waals surface area contributed by atoms with Crippen LogP contribution in [0.5, 0.6) is 0 Å². The molecule has 0 saturated heterocycles. The molecule has 3 rings (SSSR count). The number of pyridine rings is 1. The van der Waals surface area contributed by atoms with Gasteiger partial charge in [0.25, 0.3) is 5.91 Å². The Hall–Kier alpha value is -3.10. The van der Waals surface area contributed by atoms with E-state index in [0.717, 1.165) is 0 Å². The van der Waals surface area contributed by atoms with Crippen LogP contribution in [0.2, 0.25) is 0 Å². The van der Waals surface area contributed by atoms with Crippen molar-refractivity contribution in [2.24, 2.45) is 0 Å². The summed E-state index contributed by atoms with van der Waals surface area (Å²) in [6.07, 6.45) is 5.74. The van der Waals surface area contributed by atoms with E-state index >= 15 is 0 Å². The van der Waals surface area contributed by atoms with Gasteiger partial charge in [0.05, 0.1) is 11.9 Å². The van der Waals surface area contributed by atoms with Gasteiger partial charge in [0, 0.05) is 0 Å². The summed E-state index contributed by atoms with van der Waals surface area (Å²) in [5.74, 6) is 0.364. The molecule has 3 aromatic rings. The second-order valence-corrected chi connectivity index (χ2v) is 3.53. The van der Waals surface area contributed by atoms with Gasteiger partial charge in [0.1, 0.15) is 19.0 Å². The highest BCUT2D eigenvalue weighted by Crippen LogP contribution is 2.09. The van der Waals surface area contributed by atoms with Crippen LogP contribution in [0.25, 0.3) is 5.82 Å². The molecule has 0 fully saturated rings. The Morgan fingerprint density at radius 2 is 2.21 bits per heavy atom. The van der Waals surface area contributed by atoms with E-state index in [1.807, 2.05) is 0 Å². The van der Waals surface area contributed by atoms with E-state index in [1.54, 1.807) is 12.1 Å². The number of amides is 1. The minimum atomic E-state index is -0.382. The molecule has 3 aromatic heterocycles. The van der Waals surface area contributed by atoms with Gasteiger partial charge < -0.3 is 5.32 Å². The van der Waals surface area contributed by atoms with E-state index in [-0.39, 0.29) is 11.7 Å². The Morgan fingerprint density at radius 3 is 2.84 bits per heavy atom. The summed E-state index contributed by atoms with van der Waals surface area (Å²) in [6, 6.07) is 3.42. The third-order valence-corrected chi connectivity index (χ3v) is 2.29. The van der Waals surface area contributed by atoms with Gasteiger partial charge in [0.2, 0.25) is 5.82 Å². The van der Waals surface area contributed by atoms with Crippen molar-refractivity contribution >= 4 is 11.6 Å². The maximum absolute atomic E-state index is 11.7. The predicted molar refractivity (Wildman–Crippen MR) is 63.5 cm³/mol. The van der Waals surface area contributed by atoms with Crippen molar-refractivity contribution in [2.75, 3.05) is 5.32 Å². The van der Waals surface area contributed by atoms with Gasteiger partial charge in [-0.1, -0.05) is 0 Å². The molecule has 0 aliphatic rings. The molecule has 0 aliphatic carbocycles. The van der Waals surface area contributed by atoms with E-state index in [1.165, 1.54) is 29.9 Å². The lowest BCUT2D eigenvalue weighted by Crippen LogP contribution is -2.14. The third-order valence-electron chi connectivity index (χ3n) is 2.29. The van der Waals surface area contributed by atoms with Crippen LogP contribution in [-0.2, 0) is 0 Å². The number of rotatable bonds is 3. The number of carbonyl (C=O) groups excluding carboxylic acids is 1. The molecule has 0 saturated carbocycles. The van der Waals surface area contributed by atoms with Crippen LogP contribution >= 0.6 is 0 Å². The van der Waals surface area contributed by atoms with Crippen molar-refractivity contribution in [1.82, 2.24) is 34.9 Å². The molecule has 1 amide bonds. The van der Waals surface area contributed by atoms with Crippen molar-refractivity contribution < 1.29 is 4.79 Å². The van der Waals surface area contributed by atoms with Crippen molar-refractivity contribution in [3.8, 4) is 5.82 Å². The Bertz CT molecular complexity index is 658. The Labute approximate surface area is 106 Å². The molecule has 0 atom stereocenters. The number of nitrogens with zero attached hydrogens (tertiary/aromatic N) is 6. The van der Waals surface area contributed by atoms with Gasteiger partial charge in [-0.05, 0) is 12.1 Å². The fourth-order valence-electron chi connectivity index (χ4n) is 1.43. The van der Waals surface area contributed by atoms with Crippen molar-refractivity contribution in [3.05, 3.63) is 43.1 Å². The standard InChI is InChI=1S/C10H8N8O/c19-10(9-13-5-14-17-9)16-7-1-2-8(12-3-7)18-6-11-4-15-18/h1-6H,(H,16,19)(H,13,14,17). The van der Waals surface area contributed by atoms with Crippen LogP contribution < -0.4 is 5.32 Å². The molecule has 0 spiro atoms. The average Bonchev–Trinajstić information content (AvgIpc) is 3.13. The third kappa shape index (κ3) is 2.29. The number of carbonyl (C=O) groups is 1. The van der Waals surface area contributed by atoms with Crippen LogP contribution in [0.15, 0.2) is 37.3 Å². The van der Waals surface area contributed by atoms with Gasteiger partial charge >= 0.3 is 0 Å². The summed E-state index contributed by atoms with van der Waals surface area (Å²) >= 11 is 0. The van der Waals surface area contributed by atoms with Crippen LogP contribution in [0, 0.1) is 0 Å². The first-order valence-electron chi connectivity index (χ1n) is 5.31. The van der Waals surface area contributed by atoms with Crippen LogP contribution in [0.3, 0.4) is 0 Å². The van der Waals surface area contributed by atoms with Crippen LogP contribution in [0.4, 0.5) is 5.69 Å². The minimum Gasteiger partial charge on any atom is -0.318 e. The first-order valence-corrected chi connectivity index (χ1v) is 5.31. The molecule has 2 N–H and O–H groups in total. The Kier molecular flexibility index (Phi) is 2.69. The molecule has 0 bridgehead atoms. The zero-order valence-corrected chi connectivity index (χ0v) is 9.56. The number of H-pyrrole nitrogens is 1. The Morgan fingerprint density at radius 1 is 1.26 bits per heavy atom. The van der Waals surface area contributed by atoms with E-state index in [0.29, 0.717) is 11.5 Å². The highest BCUT2D eigenvalue weighted by Gasteiger charge is 2.09. The van der Waals surface area contributed by atoms with Crippen molar-refractivity contribution in [1.29, 1.82) is 0 Å². The summed E-state index contributed by atoms with van der Waals surface area (Å²) < 4.78 is 1.52. The second kappa shape index (κ2) is 4.64. The van der Waals surface area contributed by atoms with Gasteiger partial charge in [0.15, 0.2) is 5.82 Å². The van der Waals surface area contributed by atoms with Crippen LogP contribution in [-0.4, -0.2) is 40.8 Å². The summed E-state index contributed by atoms with van der Waals surface area (Å²) in [5, 5.41) is 12.7. The molecule has 0 radical (unpaired) electrons. The molecule has 0 unspecified atom stereocenters. The maximum Gasteiger partial charge on any atom is 0.293 e. The summed E-state index contributed by atoms with van der Waals surface area (Å²) in [4.78, 5) is 23.4. The first-order chi connectivity index (χ1) is 9.33. The number of aromatic amines is 1. The number of nitrogens with one attached hydrogen (secondary N) is 2. The minimum absolute atomic E-state index is 0.139. The molecule has 9 heteroatoms. The quantitative estimate of drug-likeness (QED) is 0.683. The molecule has 19 heavy (non-hydrogen) atoms. The van der Waals surface area contributed by atoms with Gasteiger partial charge in [-0.15, -0.1) is 0 Å². The summed E-state index contributed by atoms with van der Waals surface area (Å²) in [6.45, 7) is 0. The number of anilines is 1. The van der Waals surface area contributed by atoms with E-state index < -0.39 is 0 Å². The Balaban J connectivity index is 1.75. The van der Waals surface area contributed by atoms with Crippen molar-refractivity contribution in [2.45, 2.75) is 0 Å². The fraction of sp³-hybridized carbons (Fsp3) is 0. The number of hydrogen-bond acceptors (Lipinski definition) is 6. The SMILES string of the molecule is O=C(Nc1ccc(-n2cncn2)nc1)c1ncn[nH]1.